The number of benzene rings is 1. The third-order valence-electron chi connectivity index (χ3n) is 5.06. The fraction of sp³-hybridized carbons (Fsp3) is 0.571. The minimum atomic E-state index is -3.69. The quantitative estimate of drug-likeness (QED) is 0.265. The molecule has 1 aromatic carbocycles. The van der Waals surface area contributed by atoms with Crippen molar-refractivity contribution in [3.63, 3.8) is 0 Å². The van der Waals surface area contributed by atoms with Gasteiger partial charge in [-0.05, 0) is 30.7 Å². The van der Waals surface area contributed by atoms with Crippen molar-refractivity contribution in [2.24, 2.45) is 5.92 Å². The Morgan fingerprint density at radius 3 is 2.43 bits per heavy atom. The SMILES string of the molecule is CCCCCC#CC(CS(=O)(=O)N1CCN(c2ccc(OC)cc2)CC1)C(=O)NO. The number of piperazine rings is 1. The number of amides is 1. The maximum atomic E-state index is 12.8. The lowest BCUT2D eigenvalue weighted by atomic mass is 10.1. The minimum absolute atomic E-state index is 0.325. The summed E-state index contributed by atoms with van der Waals surface area (Å²) in [6, 6.07) is 7.63. The summed E-state index contributed by atoms with van der Waals surface area (Å²) in [5, 5.41) is 8.96. The van der Waals surface area contributed by atoms with Crippen molar-refractivity contribution in [1.82, 2.24) is 9.79 Å². The van der Waals surface area contributed by atoms with Gasteiger partial charge in [0.15, 0.2) is 0 Å². The first-order valence-corrected chi connectivity index (χ1v) is 11.8. The lowest BCUT2D eigenvalue weighted by Crippen LogP contribution is -2.50. The molecule has 0 aliphatic carbocycles. The Kier molecular flexibility index (Phi) is 9.43. The number of methoxy groups -OCH3 is 1. The van der Waals surface area contributed by atoms with Gasteiger partial charge in [0.2, 0.25) is 10.0 Å². The van der Waals surface area contributed by atoms with Crippen LogP contribution in [0.1, 0.15) is 32.6 Å². The number of rotatable bonds is 9. The van der Waals surface area contributed by atoms with Gasteiger partial charge >= 0.3 is 0 Å². The number of nitrogens with one attached hydrogen (secondary N) is 1. The van der Waals surface area contributed by atoms with Gasteiger partial charge in [0.05, 0.1) is 12.9 Å². The first kappa shape index (κ1) is 24.0. The molecule has 166 valence electrons. The highest BCUT2D eigenvalue weighted by Gasteiger charge is 2.31. The van der Waals surface area contributed by atoms with Gasteiger partial charge in [0.1, 0.15) is 11.7 Å². The van der Waals surface area contributed by atoms with Gasteiger partial charge in [-0.1, -0.05) is 25.7 Å². The number of hydroxylamine groups is 1. The van der Waals surface area contributed by atoms with Gasteiger partial charge in [0, 0.05) is 38.3 Å². The maximum absolute atomic E-state index is 12.8. The summed E-state index contributed by atoms with van der Waals surface area (Å²) in [5.41, 5.74) is 2.54. The Morgan fingerprint density at radius 1 is 1.20 bits per heavy atom. The molecular formula is C21H31N3O5S. The molecule has 0 spiro atoms. The lowest BCUT2D eigenvalue weighted by Gasteiger charge is -2.35. The molecule has 8 nitrogen and oxygen atoms in total. The van der Waals surface area contributed by atoms with E-state index in [-0.39, 0.29) is 0 Å². The second-order valence-electron chi connectivity index (χ2n) is 7.17. The van der Waals surface area contributed by atoms with Crippen LogP contribution in [0.5, 0.6) is 5.75 Å². The van der Waals surface area contributed by atoms with E-state index in [4.69, 9.17) is 9.94 Å². The molecule has 30 heavy (non-hydrogen) atoms. The maximum Gasteiger partial charge on any atom is 0.259 e. The molecule has 1 aliphatic heterocycles. The monoisotopic (exact) mass is 437 g/mol. The van der Waals surface area contributed by atoms with Gasteiger partial charge < -0.3 is 9.64 Å². The Morgan fingerprint density at radius 2 is 1.87 bits per heavy atom. The Balaban J connectivity index is 1.97. The van der Waals surface area contributed by atoms with Crippen LogP contribution >= 0.6 is 0 Å². The number of hydrogen-bond acceptors (Lipinski definition) is 6. The average Bonchev–Trinajstić information content (AvgIpc) is 2.77. The van der Waals surface area contributed by atoms with E-state index < -0.39 is 27.6 Å². The fourth-order valence-electron chi connectivity index (χ4n) is 3.25. The van der Waals surface area contributed by atoms with Crippen LogP contribution in [0.3, 0.4) is 0 Å². The summed E-state index contributed by atoms with van der Waals surface area (Å²) in [4.78, 5) is 14.0. The van der Waals surface area contributed by atoms with Crippen molar-refractivity contribution >= 4 is 21.6 Å². The van der Waals surface area contributed by atoms with Gasteiger partial charge in [-0.15, -0.1) is 5.92 Å². The number of anilines is 1. The second-order valence-corrected chi connectivity index (χ2v) is 9.18. The molecule has 1 saturated heterocycles. The van der Waals surface area contributed by atoms with Crippen molar-refractivity contribution < 1.29 is 23.2 Å². The van der Waals surface area contributed by atoms with Crippen LogP contribution in [-0.2, 0) is 14.8 Å². The lowest BCUT2D eigenvalue weighted by molar-refractivity contribution is -0.131. The molecule has 0 aromatic heterocycles. The highest BCUT2D eigenvalue weighted by Crippen LogP contribution is 2.21. The molecule has 1 heterocycles. The third kappa shape index (κ3) is 6.90. The Bertz CT molecular complexity index is 838. The zero-order valence-electron chi connectivity index (χ0n) is 17.6. The average molecular weight is 438 g/mol. The van der Waals surface area contributed by atoms with Crippen molar-refractivity contribution in [1.29, 1.82) is 0 Å². The number of carbonyl (C=O) groups excluding carboxylic acids is 1. The topological polar surface area (TPSA) is 99.2 Å². The molecule has 2 N–H and O–H groups in total. The number of hydrogen-bond donors (Lipinski definition) is 2. The molecular weight excluding hydrogens is 406 g/mol. The van der Waals surface area contributed by atoms with Crippen LogP contribution in [0.4, 0.5) is 5.69 Å². The molecule has 0 saturated carbocycles. The number of unbranched alkanes of at least 4 members (excludes halogenated alkanes) is 3. The molecule has 1 aliphatic rings. The van der Waals surface area contributed by atoms with E-state index in [0.29, 0.717) is 32.6 Å². The summed E-state index contributed by atoms with van der Waals surface area (Å²) in [6.45, 7) is 3.82. The predicted octanol–water partition coefficient (Wildman–Crippen LogP) is 1.85. The zero-order chi connectivity index (χ0) is 22.0. The summed E-state index contributed by atoms with van der Waals surface area (Å²) >= 11 is 0. The highest BCUT2D eigenvalue weighted by molar-refractivity contribution is 7.89. The van der Waals surface area contributed by atoms with E-state index in [9.17, 15) is 13.2 Å². The van der Waals surface area contributed by atoms with Crippen LogP contribution in [0.25, 0.3) is 0 Å². The molecule has 1 unspecified atom stereocenters. The smallest absolute Gasteiger partial charge is 0.259 e. The molecule has 1 amide bonds. The number of carbonyl (C=O) groups is 1. The summed E-state index contributed by atoms with van der Waals surface area (Å²) in [6.07, 6.45) is 3.59. The van der Waals surface area contributed by atoms with Crippen LogP contribution in [0.2, 0.25) is 0 Å². The normalized spacial score (nSPS) is 15.8. The highest BCUT2D eigenvalue weighted by atomic mass is 32.2. The van der Waals surface area contributed by atoms with Gasteiger partial charge in [-0.3, -0.25) is 10.0 Å². The molecule has 0 bridgehead atoms. The van der Waals surface area contributed by atoms with Crippen LogP contribution < -0.4 is 15.1 Å². The molecule has 9 heteroatoms. The Labute approximate surface area is 179 Å². The summed E-state index contributed by atoms with van der Waals surface area (Å²) < 4.78 is 32.2. The van der Waals surface area contributed by atoms with Crippen LogP contribution in [0.15, 0.2) is 24.3 Å². The van der Waals surface area contributed by atoms with Crippen molar-refractivity contribution in [3.8, 4) is 17.6 Å². The van der Waals surface area contributed by atoms with Gasteiger partial charge in [0.25, 0.3) is 5.91 Å². The first-order valence-electron chi connectivity index (χ1n) is 10.2. The number of nitrogens with zero attached hydrogens (tertiary/aromatic N) is 2. The molecule has 1 atom stereocenters. The van der Waals surface area contributed by atoms with Crippen molar-refractivity contribution in [3.05, 3.63) is 24.3 Å². The van der Waals surface area contributed by atoms with Gasteiger partial charge in [-0.2, -0.15) is 4.31 Å². The summed E-state index contributed by atoms with van der Waals surface area (Å²) in [7, 11) is -2.08. The van der Waals surface area contributed by atoms with E-state index >= 15 is 0 Å². The third-order valence-corrected chi connectivity index (χ3v) is 6.96. The molecule has 2 rings (SSSR count). The summed E-state index contributed by atoms with van der Waals surface area (Å²) in [5.74, 6) is 4.03. The van der Waals surface area contributed by atoms with E-state index in [2.05, 4.69) is 23.7 Å². The number of sulfonamides is 1. The second kappa shape index (κ2) is 11.8. The predicted molar refractivity (Wildman–Crippen MR) is 116 cm³/mol. The first-order chi connectivity index (χ1) is 14.4. The minimum Gasteiger partial charge on any atom is -0.497 e. The molecule has 1 aromatic rings. The van der Waals surface area contributed by atoms with Crippen LogP contribution in [-0.4, -0.2) is 62.9 Å². The van der Waals surface area contributed by atoms with E-state index in [1.165, 1.54) is 9.79 Å². The molecule has 1 fully saturated rings. The van der Waals surface area contributed by atoms with Crippen molar-refractivity contribution in [2.45, 2.75) is 32.6 Å². The zero-order valence-corrected chi connectivity index (χ0v) is 18.5. The fourth-order valence-corrected chi connectivity index (χ4v) is 4.84. The van der Waals surface area contributed by atoms with E-state index in [1.54, 1.807) is 7.11 Å². The number of ether oxygens (including phenoxy) is 1. The van der Waals surface area contributed by atoms with Crippen LogP contribution in [0, 0.1) is 17.8 Å². The molecule has 0 radical (unpaired) electrons. The Hall–Kier alpha value is -2.28. The van der Waals surface area contributed by atoms with Crippen molar-refractivity contribution in [2.75, 3.05) is 43.9 Å². The standard InChI is InChI=1S/C21H31N3O5S/c1-3-4-5-6-7-8-18(21(25)22-26)17-30(27,28)24-15-13-23(14-16-24)19-9-11-20(29-2)12-10-19/h9-12,18,26H,3-6,13-17H2,1-2H3,(H,22,25). The largest absolute Gasteiger partial charge is 0.497 e. The van der Waals surface area contributed by atoms with E-state index in [0.717, 1.165) is 30.7 Å². The van der Waals surface area contributed by atoms with E-state index in [1.807, 2.05) is 24.3 Å². The van der Waals surface area contributed by atoms with Gasteiger partial charge in [-0.25, -0.2) is 13.9 Å².